The van der Waals surface area contributed by atoms with Crippen molar-refractivity contribution >= 4 is 33.5 Å². The first kappa shape index (κ1) is 13.5. The second-order valence-electron chi connectivity index (χ2n) is 3.48. The zero-order valence-electron chi connectivity index (χ0n) is 9.24. The average molecular weight is 301 g/mol. The van der Waals surface area contributed by atoms with Crippen molar-refractivity contribution in [3.63, 3.8) is 0 Å². The summed E-state index contributed by atoms with van der Waals surface area (Å²) in [6.45, 7) is 1.42. The fourth-order valence-electron chi connectivity index (χ4n) is 1.26. The lowest BCUT2D eigenvalue weighted by Gasteiger charge is -2.14. The van der Waals surface area contributed by atoms with Crippen molar-refractivity contribution in [3.05, 3.63) is 28.7 Å². The molecule has 1 aromatic carbocycles. The van der Waals surface area contributed by atoms with Gasteiger partial charge in [0.15, 0.2) is 0 Å². The molecular formula is C11H13BrN2O3. The number of anilines is 1. The number of halogens is 1. The van der Waals surface area contributed by atoms with Gasteiger partial charge in [0.05, 0.1) is 0 Å². The molecule has 0 heterocycles. The van der Waals surface area contributed by atoms with Crippen molar-refractivity contribution in [2.24, 2.45) is 0 Å². The molecule has 17 heavy (non-hydrogen) atoms. The highest BCUT2D eigenvalue weighted by molar-refractivity contribution is 9.10. The summed E-state index contributed by atoms with van der Waals surface area (Å²) < 4.78 is 0.897. The second kappa shape index (κ2) is 6.24. The first-order chi connectivity index (χ1) is 7.99. The highest BCUT2D eigenvalue weighted by atomic mass is 79.9. The van der Waals surface area contributed by atoms with Gasteiger partial charge in [-0.2, -0.15) is 0 Å². The Morgan fingerprint density at radius 3 is 2.71 bits per heavy atom. The van der Waals surface area contributed by atoms with E-state index in [0.29, 0.717) is 0 Å². The Hall–Kier alpha value is -1.56. The lowest BCUT2D eigenvalue weighted by atomic mass is 10.2. The third-order valence-corrected chi connectivity index (χ3v) is 2.50. The molecule has 1 unspecified atom stereocenters. The van der Waals surface area contributed by atoms with Gasteiger partial charge in [0.2, 0.25) is 5.91 Å². The molecule has 0 saturated carbocycles. The Balaban J connectivity index is 2.57. The molecule has 1 amide bonds. The number of rotatable bonds is 5. The van der Waals surface area contributed by atoms with Gasteiger partial charge in [0, 0.05) is 23.6 Å². The van der Waals surface area contributed by atoms with Gasteiger partial charge in [-0.25, -0.2) is 4.79 Å². The summed E-state index contributed by atoms with van der Waals surface area (Å²) in [7, 11) is 0. The Kier molecular flexibility index (Phi) is 4.96. The Bertz CT molecular complexity index is 423. The lowest BCUT2D eigenvalue weighted by molar-refractivity contribution is -0.141. The van der Waals surface area contributed by atoms with Gasteiger partial charge in [-0.1, -0.05) is 22.0 Å². The minimum Gasteiger partial charge on any atom is -0.480 e. The summed E-state index contributed by atoms with van der Waals surface area (Å²) >= 11 is 3.31. The first-order valence-electron chi connectivity index (χ1n) is 4.98. The van der Waals surface area contributed by atoms with Gasteiger partial charge < -0.3 is 15.7 Å². The molecule has 1 atom stereocenters. The van der Waals surface area contributed by atoms with Crippen LogP contribution in [0.5, 0.6) is 0 Å². The minimum absolute atomic E-state index is 0.130. The Morgan fingerprint density at radius 1 is 1.47 bits per heavy atom. The molecule has 0 aliphatic rings. The van der Waals surface area contributed by atoms with Gasteiger partial charge in [-0.3, -0.25) is 4.79 Å². The summed E-state index contributed by atoms with van der Waals surface area (Å²) in [6, 6.07) is 6.41. The Morgan fingerprint density at radius 2 is 2.18 bits per heavy atom. The second-order valence-corrected chi connectivity index (χ2v) is 4.40. The van der Waals surface area contributed by atoms with E-state index < -0.39 is 12.0 Å². The maximum absolute atomic E-state index is 10.9. The van der Waals surface area contributed by atoms with Crippen molar-refractivity contribution in [1.29, 1.82) is 0 Å². The van der Waals surface area contributed by atoms with Crippen molar-refractivity contribution in [3.8, 4) is 0 Å². The summed E-state index contributed by atoms with van der Waals surface area (Å²) in [4.78, 5) is 21.7. The summed E-state index contributed by atoms with van der Waals surface area (Å²) in [6.07, 6.45) is 0. The molecule has 0 spiro atoms. The average Bonchev–Trinajstić information content (AvgIpc) is 2.23. The van der Waals surface area contributed by atoms with E-state index in [2.05, 4.69) is 26.6 Å². The molecule has 3 N–H and O–H groups in total. The van der Waals surface area contributed by atoms with E-state index >= 15 is 0 Å². The van der Waals surface area contributed by atoms with Gasteiger partial charge in [-0.05, 0) is 18.2 Å². The molecule has 0 fully saturated rings. The van der Waals surface area contributed by atoms with E-state index in [0.717, 1.165) is 10.2 Å². The van der Waals surface area contributed by atoms with Gasteiger partial charge in [-0.15, -0.1) is 0 Å². The number of carbonyl (C=O) groups is 2. The van der Waals surface area contributed by atoms with Crippen LogP contribution in [0.25, 0.3) is 0 Å². The smallest absolute Gasteiger partial charge is 0.328 e. The third-order valence-electron chi connectivity index (χ3n) is 2.01. The van der Waals surface area contributed by atoms with E-state index in [1.54, 1.807) is 0 Å². The van der Waals surface area contributed by atoms with Crippen LogP contribution >= 0.6 is 15.9 Å². The van der Waals surface area contributed by atoms with Crippen LogP contribution in [-0.4, -0.2) is 29.6 Å². The number of carboxylic acids is 1. The number of carbonyl (C=O) groups excluding carboxylic acids is 1. The molecule has 0 bridgehead atoms. The molecule has 0 aliphatic carbocycles. The molecule has 1 aromatic rings. The maximum Gasteiger partial charge on any atom is 0.328 e. The molecule has 0 radical (unpaired) electrons. The summed E-state index contributed by atoms with van der Waals surface area (Å²) in [5.74, 6) is -1.43. The number of benzene rings is 1. The summed E-state index contributed by atoms with van der Waals surface area (Å²) in [5, 5.41) is 14.2. The molecule has 5 nitrogen and oxygen atoms in total. The van der Waals surface area contributed by atoms with Crippen molar-refractivity contribution in [1.82, 2.24) is 5.32 Å². The van der Waals surface area contributed by atoms with E-state index in [4.69, 9.17) is 5.11 Å². The SMILES string of the molecule is CC(=O)NC(CNc1cccc(Br)c1)C(=O)O. The number of hydrogen-bond donors (Lipinski definition) is 3. The fourth-order valence-corrected chi connectivity index (χ4v) is 1.66. The third kappa shape index (κ3) is 4.86. The van der Waals surface area contributed by atoms with Gasteiger partial charge in [0.1, 0.15) is 6.04 Å². The zero-order chi connectivity index (χ0) is 12.8. The highest BCUT2D eigenvalue weighted by Gasteiger charge is 2.17. The van der Waals surface area contributed by atoms with Crippen LogP contribution in [0.1, 0.15) is 6.92 Å². The predicted molar refractivity (Wildman–Crippen MR) is 67.9 cm³/mol. The lowest BCUT2D eigenvalue weighted by Crippen LogP contribution is -2.44. The molecule has 6 heteroatoms. The Labute approximate surface area is 107 Å². The molecule has 1 rings (SSSR count). The van der Waals surface area contributed by atoms with Crippen LogP contribution < -0.4 is 10.6 Å². The zero-order valence-corrected chi connectivity index (χ0v) is 10.8. The molecule has 0 aromatic heterocycles. The standard InChI is InChI=1S/C11H13BrN2O3/c1-7(15)14-10(11(16)17)6-13-9-4-2-3-8(12)5-9/h2-5,10,13H,6H2,1H3,(H,14,15)(H,16,17). The number of aliphatic carboxylic acids is 1. The first-order valence-corrected chi connectivity index (χ1v) is 5.77. The van der Waals surface area contributed by atoms with Crippen molar-refractivity contribution < 1.29 is 14.7 Å². The van der Waals surface area contributed by atoms with Crippen LogP contribution in [0.3, 0.4) is 0 Å². The molecular weight excluding hydrogens is 288 g/mol. The summed E-state index contributed by atoms with van der Waals surface area (Å²) in [5.41, 5.74) is 0.788. The predicted octanol–water partition coefficient (Wildman–Crippen LogP) is 1.45. The molecule has 92 valence electrons. The van der Waals surface area contributed by atoms with Crippen molar-refractivity contribution in [2.75, 3.05) is 11.9 Å². The van der Waals surface area contributed by atoms with E-state index in [-0.39, 0.29) is 12.5 Å². The maximum atomic E-state index is 10.9. The fraction of sp³-hybridized carbons (Fsp3) is 0.273. The monoisotopic (exact) mass is 300 g/mol. The minimum atomic E-state index is -1.07. The largest absolute Gasteiger partial charge is 0.480 e. The van der Waals surface area contributed by atoms with E-state index in [1.165, 1.54) is 6.92 Å². The number of carboxylic acid groups (broad SMARTS) is 1. The highest BCUT2D eigenvalue weighted by Crippen LogP contribution is 2.15. The number of hydrogen-bond acceptors (Lipinski definition) is 3. The number of amides is 1. The van der Waals surface area contributed by atoms with Crippen molar-refractivity contribution in [2.45, 2.75) is 13.0 Å². The van der Waals surface area contributed by atoms with Gasteiger partial charge in [0.25, 0.3) is 0 Å². The van der Waals surface area contributed by atoms with Gasteiger partial charge >= 0.3 is 5.97 Å². The normalized spacial score (nSPS) is 11.6. The van der Waals surface area contributed by atoms with Crippen LogP contribution in [-0.2, 0) is 9.59 Å². The quantitative estimate of drug-likeness (QED) is 0.769. The number of nitrogens with one attached hydrogen (secondary N) is 2. The van der Waals surface area contributed by atoms with Crippen LogP contribution in [0.2, 0.25) is 0 Å². The van der Waals surface area contributed by atoms with Crippen LogP contribution in [0.15, 0.2) is 28.7 Å². The van der Waals surface area contributed by atoms with Crippen LogP contribution in [0.4, 0.5) is 5.69 Å². The van der Waals surface area contributed by atoms with E-state index in [9.17, 15) is 9.59 Å². The van der Waals surface area contributed by atoms with E-state index in [1.807, 2.05) is 24.3 Å². The molecule has 0 aliphatic heterocycles. The van der Waals surface area contributed by atoms with Crippen LogP contribution in [0, 0.1) is 0 Å². The topological polar surface area (TPSA) is 78.4 Å². The molecule has 0 saturated heterocycles.